The molecule has 0 aliphatic rings. The van der Waals surface area contributed by atoms with E-state index < -0.39 is 5.97 Å². The Morgan fingerprint density at radius 3 is 2.65 bits per heavy atom. The first-order valence-corrected chi connectivity index (χ1v) is 5.98. The Morgan fingerprint density at radius 1 is 1.20 bits per heavy atom. The number of carboxylic acid groups (broad SMARTS) is 1. The van der Waals surface area contributed by atoms with Gasteiger partial charge in [-0.3, -0.25) is 4.79 Å². The first-order chi connectivity index (χ1) is 9.63. The van der Waals surface area contributed by atoms with E-state index in [0.29, 0.717) is 22.2 Å². The van der Waals surface area contributed by atoms with Gasteiger partial charge in [0.15, 0.2) is 5.43 Å². The van der Waals surface area contributed by atoms with Crippen molar-refractivity contribution in [3.8, 4) is 5.75 Å². The first-order valence-electron chi connectivity index (χ1n) is 5.98. The van der Waals surface area contributed by atoms with Gasteiger partial charge in [0.1, 0.15) is 5.75 Å². The zero-order valence-corrected chi connectivity index (χ0v) is 10.6. The van der Waals surface area contributed by atoms with Crippen LogP contribution < -0.4 is 10.2 Å². The third kappa shape index (κ3) is 1.64. The molecule has 0 saturated heterocycles. The maximum Gasteiger partial charge on any atom is 0.336 e. The number of para-hydroxylation sites is 1. The lowest BCUT2D eigenvalue weighted by Crippen LogP contribution is -2.10. The van der Waals surface area contributed by atoms with Crippen molar-refractivity contribution >= 4 is 27.8 Å². The van der Waals surface area contributed by atoms with E-state index in [2.05, 4.69) is 4.98 Å². The fraction of sp³-hybridized carbons (Fsp3) is 0.0667. The number of aromatic amines is 1. The molecule has 2 aromatic carbocycles. The summed E-state index contributed by atoms with van der Waals surface area (Å²) < 4.78 is 5.20. The number of benzene rings is 2. The fourth-order valence-electron chi connectivity index (χ4n) is 2.35. The summed E-state index contributed by atoms with van der Waals surface area (Å²) in [6.45, 7) is 0. The Balaban J connectivity index is 2.62. The van der Waals surface area contributed by atoms with Gasteiger partial charge in [-0.25, -0.2) is 4.79 Å². The van der Waals surface area contributed by atoms with Crippen molar-refractivity contribution in [2.24, 2.45) is 0 Å². The van der Waals surface area contributed by atoms with Crippen LogP contribution in [0.1, 0.15) is 10.4 Å². The molecule has 0 spiro atoms. The van der Waals surface area contributed by atoms with E-state index in [1.54, 1.807) is 24.3 Å². The number of hydrogen-bond donors (Lipinski definition) is 2. The number of ether oxygens (including phenoxy) is 1. The smallest absolute Gasteiger partial charge is 0.336 e. The molecule has 0 aliphatic carbocycles. The molecule has 5 nitrogen and oxygen atoms in total. The Morgan fingerprint density at radius 2 is 1.95 bits per heavy atom. The number of aromatic nitrogens is 1. The van der Waals surface area contributed by atoms with Crippen molar-refractivity contribution in [1.82, 2.24) is 4.98 Å². The maximum absolute atomic E-state index is 12.5. The predicted octanol–water partition coefficient (Wildman–Crippen LogP) is 2.39. The Kier molecular flexibility index (Phi) is 2.68. The summed E-state index contributed by atoms with van der Waals surface area (Å²) >= 11 is 0. The summed E-state index contributed by atoms with van der Waals surface area (Å²) in [7, 11) is 1.47. The molecule has 3 aromatic rings. The molecule has 0 unspecified atom stereocenters. The lowest BCUT2D eigenvalue weighted by molar-refractivity contribution is 0.0699. The van der Waals surface area contributed by atoms with Gasteiger partial charge < -0.3 is 14.8 Å². The fourth-order valence-corrected chi connectivity index (χ4v) is 2.35. The summed E-state index contributed by atoms with van der Waals surface area (Å²) in [5, 5.41) is 9.84. The highest BCUT2D eigenvalue weighted by Gasteiger charge is 2.17. The Labute approximate surface area is 113 Å². The average molecular weight is 269 g/mol. The van der Waals surface area contributed by atoms with Gasteiger partial charge in [-0.1, -0.05) is 12.1 Å². The first kappa shape index (κ1) is 12.2. The van der Waals surface area contributed by atoms with Crippen molar-refractivity contribution in [3.05, 3.63) is 52.2 Å². The quantitative estimate of drug-likeness (QED) is 0.700. The van der Waals surface area contributed by atoms with E-state index in [1.165, 1.54) is 19.2 Å². The van der Waals surface area contributed by atoms with Crippen LogP contribution in [0.2, 0.25) is 0 Å². The van der Waals surface area contributed by atoms with Crippen LogP contribution in [0.5, 0.6) is 5.75 Å². The molecule has 2 N–H and O–H groups in total. The van der Waals surface area contributed by atoms with E-state index in [4.69, 9.17) is 4.74 Å². The minimum absolute atomic E-state index is 0.0344. The van der Waals surface area contributed by atoms with Crippen LogP contribution in [0.4, 0.5) is 0 Å². The van der Waals surface area contributed by atoms with Crippen molar-refractivity contribution < 1.29 is 14.6 Å². The molecule has 1 aromatic heterocycles. The van der Waals surface area contributed by atoms with E-state index in [-0.39, 0.29) is 16.4 Å². The number of aromatic carboxylic acids is 1. The largest absolute Gasteiger partial charge is 0.495 e. The molecule has 100 valence electrons. The minimum Gasteiger partial charge on any atom is -0.495 e. The summed E-state index contributed by atoms with van der Waals surface area (Å²) in [5.41, 5.74) is 0.695. The van der Waals surface area contributed by atoms with E-state index in [1.807, 2.05) is 0 Å². The minimum atomic E-state index is -1.14. The van der Waals surface area contributed by atoms with Gasteiger partial charge in [0.25, 0.3) is 0 Å². The number of pyridine rings is 1. The van der Waals surface area contributed by atoms with Crippen LogP contribution in [0.15, 0.2) is 41.2 Å². The summed E-state index contributed by atoms with van der Waals surface area (Å²) in [6, 6.07) is 9.90. The molecular weight excluding hydrogens is 258 g/mol. The van der Waals surface area contributed by atoms with Crippen LogP contribution >= 0.6 is 0 Å². The molecule has 0 fully saturated rings. The van der Waals surface area contributed by atoms with E-state index in [9.17, 15) is 14.7 Å². The topological polar surface area (TPSA) is 79.4 Å². The van der Waals surface area contributed by atoms with Gasteiger partial charge in [0.2, 0.25) is 0 Å². The molecule has 5 heteroatoms. The van der Waals surface area contributed by atoms with Gasteiger partial charge in [-0.05, 0) is 24.3 Å². The van der Waals surface area contributed by atoms with Crippen molar-refractivity contribution in [2.45, 2.75) is 0 Å². The molecule has 3 rings (SSSR count). The second-order valence-electron chi connectivity index (χ2n) is 4.37. The molecule has 0 aliphatic heterocycles. The number of carbonyl (C=O) groups is 1. The molecule has 0 saturated carbocycles. The van der Waals surface area contributed by atoms with Crippen molar-refractivity contribution in [2.75, 3.05) is 7.11 Å². The highest BCUT2D eigenvalue weighted by Crippen LogP contribution is 2.26. The number of nitrogens with one attached hydrogen (secondary N) is 1. The van der Waals surface area contributed by atoms with Crippen LogP contribution in [0.3, 0.4) is 0 Å². The molecule has 0 bridgehead atoms. The second kappa shape index (κ2) is 4.38. The normalized spacial score (nSPS) is 10.8. The van der Waals surface area contributed by atoms with Gasteiger partial charge in [-0.2, -0.15) is 0 Å². The van der Waals surface area contributed by atoms with Gasteiger partial charge in [0, 0.05) is 10.9 Å². The average Bonchev–Trinajstić information content (AvgIpc) is 2.46. The lowest BCUT2D eigenvalue weighted by Gasteiger charge is -2.09. The van der Waals surface area contributed by atoms with Crippen molar-refractivity contribution in [3.63, 3.8) is 0 Å². The standard InChI is InChI=1S/C15H11NO4/c1-20-11-7-6-9(15(18)19)12-13(11)16-10-5-3-2-4-8(10)14(12)17/h2-7H,1H3,(H,16,17)(H,18,19). The Hall–Kier alpha value is -2.82. The summed E-state index contributed by atoms with van der Waals surface area (Å²) in [6.07, 6.45) is 0. The number of carboxylic acids is 1. The molecule has 0 atom stereocenters. The highest BCUT2D eigenvalue weighted by molar-refractivity contribution is 6.07. The molecule has 20 heavy (non-hydrogen) atoms. The van der Waals surface area contributed by atoms with Crippen LogP contribution in [0, 0.1) is 0 Å². The van der Waals surface area contributed by atoms with Crippen molar-refractivity contribution in [1.29, 1.82) is 0 Å². The third-order valence-electron chi connectivity index (χ3n) is 3.28. The molecule has 0 radical (unpaired) electrons. The molecule has 0 amide bonds. The number of H-pyrrole nitrogens is 1. The SMILES string of the molecule is COc1ccc(C(=O)O)c2c(=O)c3ccccc3[nH]c12. The Bertz CT molecular complexity index is 895. The summed E-state index contributed by atoms with van der Waals surface area (Å²) in [5.74, 6) is -0.703. The molecule has 1 heterocycles. The lowest BCUT2D eigenvalue weighted by atomic mass is 10.0. The summed E-state index contributed by atoms with van der Waals surface area (Å²) in [4.78, 5) is 26.9. The van der Waals surface area contributed by atoms with Crippen LogP contribution in [0.25, 0.3) is 21.8 Å². The monoisotopic (exact) mass is 269 g/mol. The third-order valence-corrected chi connectivity index (χ3v) is 3.28. The maximum atomic E-state index is 12.5. The van der Waals surface area contributed by atoms with Gasteiger partial charge in [0.05, 0.1) is 23.6 Å². The molecular formula is C15H11NO4. The van der Waals surface area contributed by atoms with Crippen LogP contribution in [-0.2, 0) is 0 Å². The number of methoxy groups -OCH3 is 1. The van der Waals surface area contributed by atoms with Crippen LogP contribution in [-0.4, -0.2) is 23.2 Å². The zero-order chi connectivity index (χ0) is 14.3. The van der Waals surface area contributed by atoms with Gasteiger partial charge >= 0.3 is 5.97 Å². The number of rotatable bonds is 2. The van der Waals surface area contributed by atoms with E-state index in [0.717, 1.165) is 0 Å². The van der Waals surface area contributed by atoms with E-state index >= 15 is 0 Å². The zero-order valence-electron chi connectivity index (χ0n) is 10.6. The number of fused-ring (bicyclic) bond motifs is 2. The van der Waals surface area contributed by atoms with Gasteiger partial charge in [-0.15, -0.1) is 0 Å². The number of hydrogen-bond acceptors (Lipinski definition) is 3. The highest BCUT2D eigenvalue weighted by atomic mass is 16.5. The predicted molar refractivity (Wildman–Crippen MR) is 75.6 cm³/mol. The second-order valence-corrected chi connectivity index (χ2v) is 4.37.